The van der Waals surface area contributed by atoms with Crippen LogP contribution in [0.1, 0.15) is 0 Å². The maximum absolute atomic E-state index is 6.86. The van der Waals surface area contributed by atoms with Crippen LogP contribution in [0.15, 0.2) is 5.22 Å². The third-order valence-corrected chi connectivity index (χ3v) is 0. The summed E-state index contributed by atoms with van der Waals surface area (Å²) in [6.45, 7) is 0. The van der Waals surface area contributed by atoms with E-state index in [1.165, 1.54) is 0 Å². The van der Waals surface area contributed by atoms with Gasteiger partial charge < -0.3 is 16.6 Å². The van der Waals surface area contributed by atoms with Crippen molar-refractivity contribution in [2.45, 2.75) is 0 Å². The van der Waals surface area contributed by atoms with Crippen LogP contribution < -0.4 is 154 Å². The van der Waals surface area contributed by atoms with E-state index in [2.05, 4.69) is 0 Å². The van der Waals surface area contributed by atoms with Crippen molar-refractivity contribution < 1.29 is 154 Å². The topological polar surface area (TPSA) is 58.5 Å². The molecule has 0 saturated carbocycles. The molecule has 0 rings (SSSR count). The molecule has 0 aliphatic carbocycles. The van der Waals surface area contributed by atoms with E-state index in [0.717, 1.165) is 0 Å². The van der Waals surface area contributed by atoms with Crippen LogP contribution in [0.25, 0.3) is 11.4 Å². The molecule has 0 heterocycles. The molecular formula is HK3N3+. The summed E-state index contributed by atoms with van der Waals surface area (Å²) in [5.74, 6) is 5.39. The molecule has 0 fully saturated rings. The van der Waals surface area contributed by atoms with Gasteiger partial charge in [-0.25, -0.2) is 0 Å². The number of rotatable bonds is 0. The minimum Gasteiger partial charge on any atom is -0.729 e. The second-order valence-corrected chi connectivity index (χ2v) is 0.100. The molecule has 0 unspecified atom stereocenters. The first-order valence-electron chi connectivity index (χ1n) is 0.424. The predicted octanol–water partition coefficient (Wildman–Crippen LogP) is -8.01. The van der Waals surface area contributed by atoms with Crippen molar-refractivity contribution in [3.8, 4) is 0 Å². The molecule has 6 heteroatoms. The van der Waals surface area contributed by atoms with Crippen LogP contribution in [-0.4, -0.2) is 0 Å². The van der Waals surface area contributed by atoms with Gasteiger partial charge in [0.15, 0.2) is 0 Å². The Hall–Kier alpha value is 4.31. The minimum absolute atomic E-state index is 0. The van der Waals surface area contributed by atoms with Gasteiger partial charge in [-0.05, 0) is 0 Å². The van der Waals surface area contributed by atoms with E-state index < -0.39 is 0 Å². The Balaban J connectivity index is -0.00000000667. The van der Waals surface area contributed by atoms with Crippen LogP contribution in [0.4, 0.5) is 0 Å². The fourth-order valence-electron chi connectivity index (χ4n) is 0. The zero-order valence-electron chi connectivity index (χ0n) is 4.39. The summed E-state index contributed by atoms with van der Waals surface area (Å²) in [4.78, 5) is 0. The number of hydrogen-bond donors (Lipinski definition) is 0. The van der Waals surface area contributed by atoms with Gasteiger partial charge in [-0.3, -0.25) is 0 Å². The molecule has 0 radical (unpaired) electrons. The fourth-order valence-corrected chi connectivity index (χ4v) is 0. The fraction of sp³-hybridized carbons (Fsp3) is 0. The van der Waals surface area contributed by atoms with Gasteiger partial charge in [-0.15, -0.1) is 0 Å². The molecule has 0 aliphatic heterocycles. The van der Waals surface area contributed by atoms with Crippen molar-refractivity contribution in [1.29, 1.82) is 0 Å². The van der Waals surface area contributed by atoms with E-state index in [0.29, 0.717) is 0 Å². The van der Waals surface area contributed by atoms with Gasteiger partial charge in [-0.1, -0.05) is 0 Å². The van der Waals surface area contributed by atoms with E-state index >= 15 is 0 Å². The van der Waals surface area contributed by atoms with Crippen LogP contribution in [0.5, 0.6) is 0 Å². The molecule has 0 aliphatic rings. The first-order chi connectivity index (χ1) is 1.41. The summed E-state index contributed by atoms with van der Waals surface area (Å²) < 4.78 is 0. The SMILES string of the molecule is [K+].[K+].[K+].[N-]=N[NH-]. The van der Waals surface area contributed by atoms with Gasteiger partial charge in [0, 0.05) is 0 Å². The van der Waals surface area contributed by atoms with Crippen LogP contribution in [0, 0.1) is 0 Å². The molecule has 18 valence electrons. The average Bonchev–Trinajstić information content (AvgIpc) is 0.918. The van der Waals surface area contributed by atoms with E-state index in [1.54, 1.807) is 5.22 Å². The first-order valence-corrected chi connectivity index (χ1v) is 0.424. The zero-order chi connectivity index (χ0) is 2.71. The maximum atomic E-state index is 6.86. The summed E-state index contributed by atoms with van der Waals surface area (Å²) in [5, 5.41) is 1.75. The molecule has 0 aromatic heterocycles. The summed E-state index contributed by atoms with van der Waals surface area (Å²) >= 11 is 0. The normalized spacial score (nSPS) is 2.00. The van der Waals surface area contributed by atoms with Crippen molar-refractivity contribution in [2.24, 2.45) is 5.22 Å². The second-order valence-electron chi connectivity index (χ2n) is 0.100. The average molecular weight is 160 g/mol. The maximum Gasteiger partial charge on any atom is 1.00 e. The molecule has 0 aromatic rings. The van der Waals surface area contributed by atoms with Crippen LogP contribution in [0.3, 0.4) is 0 Å². The molecule has 0 bridgehead atoms. The van der Waals surface area contributed by atoms with E-state index in [4.69, 9.17) is 11.4 Å². The summed E-state index contributed by atoms with van der Waals surface area (Å²) in [6, 6.07) is 0. The minimum atomic E-state index is 0. The van der Waals surface area contributed by atoms with Gasteiger partial charge in [0.1, 0.15) is 0 Å². The molecule has 3 nitrogen and oxygen atoms in total. The standard InChI is InChI=1S/3K.HN3/c;;;1-3-2/h;;;(H-2,1,2)/q3*+1;-2. The first kappa shape index (κ1) is 22.4. The number of hydrogen-bond acceptors (Lipinski definition) is 1. The number of nitrogens with zero attached hydrogens (tertiary/aromatic N) is 2. The molecule has 0 aromatic carbocycles. The van der Waals surface area contributed by atoms with E-state index in [1.807, 2.05) is 0 Å². The Morgan fingerprint density at radius 1 is 1.17 bits per heavy atom. The smallest absolute Gasteiger partial charge is 0.729 e. The van der Waals surface area contributed by atoms with Crippen LogP contribution in [-0.2, 0) is 0 Å². The second kappa shape index (κ2) is 22.8. The Kier molecular flexibility index (Phi) is 85.3. The van der Waals surface area contributed by atoms with Gasteiger partial charge in [0.2, 0.25) is 0 Å². The Labute approximate surface area is 165 Å². The molecule has 0 saturated heterocycles. The van der Waals surface area contributed by atoms with Crippen LogP contribution >= 0.6 is 0 Å². The molecular weight excluding hydrogens is 159 g/mol. The zero-order valence-corrected chi connectivity index (χ0v) is 13.8. The van der Waals surface area contributed by atoms with E-state index in [-0.39, 0.29) is 154 Å². The Morgan fingerprint density at radius 2 is 1.17 bits per heavy atom. The third kappa shape index (κ3) is 23.9. The molecule has 1 N–H and O–H groups in total. The molecule has 0 atom stereocenters. The van der Waals surface area contributed by atoms with Crippen molar-refractivity contribution in [3.05, 3.63) is 11.4 Å². The van der Waals surface area contributed by atoms with Crippen LogP contribution in [0.2, 0.25) is 0 Å². The predicted molar refractivity (Wildman–Crippen MR) is 10.1 cm³/mol. The quantitative estimate of drug-likeness (QED) is 0.192. The molecule has 0 amide bonds. The van der Waals surface area contributed by atoms with Gasteiger partial charge in [-0.2, -0.15) is 0 Å². The van der Waals surface area contributed by atoms with Crippen molar-refractivity contribution in [2.75, 3.05) is 0 Å². The van der Waals surface area contributed by atoms with Crippen molar-refractivity contribution >= 4 is 0 Å². The monoisotopic (exact) mass is 160 g/mol. The summed E-state index contributed by atoms with van der Waals surface area (Å²) in [6.07, 6.45) is 0. The van der Waals surface area contributed by atoms with Crippen molar-refractivity contribution in [1.82, 2.24) is 0 Å². The van der Waals surface area contributed by atoms with Crippen molar-refractivity contribution in [3.63, 3.8) is 0 Å². The van der Waals surface area contributed by atoms with Gasteiger partial charge in [0.25, 0.3) is 0 Å². The Morgan fingerprint density at radius 3 is 1.17 bits per heavy atom. The third-order valence-electron chi connectivity index (χ3n) is 0. The largest absolute Gasteiger partial charge is 1.00 e. The molecule has 0 spiro atoms. The van der Waals surface area contributed by atoms with E-state index in [9.17, 15) is 0 Å². The van der Waals surface area contributed by atoms with Gasteiger partial charge >= 0.3 is 154 Å². The number of nitrogens with one attached hydrogen (secondary N) is 1. The molecule has 6 heavy (non-hydrogen) atoms. The Bertz CT molecular complexity index is 13.5. The summed E-state index contributed by atoms with van der Waals surface area (Å²) in [5.41, 5.74) is 6.86. The summed E-state index contributed by atoms with van der Waals surface area (Å²) in [7, 11) is 0. The van der Waals surface area contributed by atoms with Gasteiger partial charge in [0.05, 0.1) is 0 Å².